The molecule has 1 saturated heterocycles. The molecule has 2 aromatic rings. The van der Waals surface area contributed by atoms with Crippen LogP contribution in [0, 0.1) is 0 Å². The van der Waals surface area contributed by atoms with Crippen LogP contribution in [0.1, 0.15) is 49.9 Å². The highest BCUT2D eigenvalue weighted by molar-refractivity contribution is 6.01. The van der Waals surface area contributed by atoms with Crippen molar-refractivity contribution in [3.8, 4) is 5.75 Å². The van der Waals surface area contributed by atoms with Gasteiger partial charge in [0.1, 0.15) is 18.1 Å². The summed E-state index contributed by atoms with van der Waals surface area (Å²) in [4.78, 5) is 34.8. The van der Waals surface area contributed by atoms with Gasteiger partial charge in [0.05, 0.1) is 30.1 Å². The molecule has 2 aliphatic rings. The topological polar surface area (TPSA) is 84.0 Å². The lowest BCUT2D eigenvalue weighted by molar-refractivity contribution is -0.143. The molecule has 1 aromatic carbocycles. The number of aromatic nitrogens is 1. The number of ether oxygens (including phenoxy) is 2. The zero-order chi connectivity index (χ0) is 23.9. The fraction of sp³-hybridized carbons (Fsp3) is 0.500. The van der Waals surface area contributed by atoms with E-state index in [1.807, 2.05) is 43.0 Å². The number of hydrogen-bond acceptors (Lipinski definition) is 6. The van der Waals surface area contributed by atoms with Crippen molar-refractivity contribution in [1.82, 2.24) is 14.8 Å². The summed E-state index contributed by atoms with van der Waals surface area (Å²) in [6.07, 6.45) is 5.35. The molecular formula is C26H34N4O4. The van der Waals surface area contributed by atoms with E-state index in [-0.39, 0.29) is 30.6 Å². The summed E-state index contributed by atoms with van der Waals surface area (Å²) < 4.78 is 11.8. The average molecular weight is 467 g/mol. The molecule has 8 heteroatoms. The predicted molar refractivity (Wildman–Crippen MR) is 130 cm³/mol. The van der Waals surface area contributed by atoms with E-state index in [1.54, 1.807) is 23.2 Å². The van der Waals surface area contributed by atoms with Gasteiger partial charge < -0.3 is 24.6 Å². The van der Waals surface area contributed by atoms with Crippen LogP contribution in [-0.2, 0) is 9.53 Å². The van der Waals surface area contributed by atoms with Gasteiger partial charge in [-0.05, 0) is 51.0 Å². The molecule has 2 unspecified atom stereocenters. The number of nitrogens with one attached hydrogen (secondary N) is 1. The first kappa shape index (κ1) is 24.0. The number of amides is 2. The van der Waals surface area contributed by atoms with Crippen molar-refractivity contribution in [2.75, 3.05) is 38.1 Å². The van der Waals surface area contributed by atoms with Gasteiger partial charge in [0, 0.05) is 25.8 Å². The van der Waals surface area contributed by atoms with Crippen molar-refractivity contribution < 1.29 is 19.1 Å². The minimum Gasteiger partial charge on any atom is -0.491 e. The average Bonchev–Trinajstić information content (AvgIpc) is 2.82. The number of fused-ring (bicyclic) bond motifs is 2. The third-order valence-corrected chi connectivity index (χ3v) is 6.14. The van der Waals surface area contributed by atoms with E-state index in [1.165, 1.54) is 0 Å². The fourth-order valence-electron chi connectivity index (χ4n) is 4.51. The highest BCUT2D eigenvalue weighted by Crippen LogP contribution is 2.29. The fourth-order valence-corrected chi connectivity index (χ4v) is 4.51. The highest BCUT2D eigenvalue weighted by atomic mass is 16.5. The molecular weight excluding hydrogens is 432 g/mol. The van der Waals surface area contributed by atoms with E-state index in [4.69, 9.17) is 9.47 Å². The lowest BCUT2D eigenvalue weighted by Crippen LogP contribution is -2.51. The Morgan fingerprint density at radius 3 is 2.65 bits per heavy atom. The zero-order valence-corrected chi connectivity index (χ0v) is 20.0. The van der Waals surface area contributed by atoms with Crippen LogP contribution in [0.3, 0.4) is 0 Å². The van der Waals surface area contributed by atoms with Gasteiger partial charge in [0.2, 0.25) is 5.91 Å². The van der Waals surface area contributed by atoms with Crippen molar-refractivity contribution in [3.63, 3.8) is 0 Å². The van der Waals surface area contributed by atoms with Crippen LogP contribution in [0.25, 0.3) is 0 Å². The molecule has 1 N–H and O–H groups in total. The lowest BCUT2D eigenvalue weighted by Gasteiger charge is -2.36. The van der Waals surface area contributed by atoms with E-state index in [0.29, 0.717) is 37.6 Å². The first-order valence-electron chi connectivity index (χ1n) is 12.2. The highest BCUT2D eigenvalue weighted by Gasteiger charge is 2.29. The summed E-state index contributed by atoms with van der Waals surface area (Å²) in [6.45, 7) is 6.22. The largest absolute Gasteiger partial charge is 0.491 e. The van der Waals surface area contributed by atoms with Gasteiger partial charge in [-0.1, -0.05) is 25.0 Å². The van der Waals surface area contributed by atoms with E-state index in [9.17, 15) is 9.59 Å². The van der Waals surface area contributed by atoms with Gasteiger partial charge in [-0.25, -0.2) is 4.98 Å². The zero-order valence-electron chi connectivity index (χ0n) is 20.0. The van der Waals surface area contributed by atoms with Crippen LogP contribution < -0.4 is 10.1 Å². The Balaban J connectivity index is 1.59. The van der Waals surface area contributed by atoms with E-state index >= 15 is 0 Å². The van der Waals surface area contributed by atoms with Crippen LogP contribution in [0.2, 0.25) is 0 Å². The normalized spacial score (nSPS) is 22.0. The second kappa shape index (κ2) is 11.3. The maximum atomic E-state index is 13.7. The molecule has 0 radical (unpaired) electrons. The second-order valence-electron chi connectivity index (χ2n) is 9.07. The molecule has 4 rings (SSSR count). The molecule has 3 heterocycles. The van der Waals surface area contributed by atoms with E-state index in [0.717, 1.165) is 37.1 Å². The number of carbonyl (C=O) groups is 2. The molecule has 8 nitrogen and oxygen atoms in total. The third kappa shape index (κ3) is 6.05. The van der Waals surface area contributed by atoms with Gasteiger partial charge in [0.15, 0.2) is 0 Å². The number of benzene rings is 1. The Kier molecular flexibility index (Phi) is 8.00. The number of carbonyl (C=O) groups excluding carboxylic acids is 2. The first-order valence-corrected chi connectivity index (χ1v) is 12.2. The Morgan fingerprint density at radius 2 is 1.82 bits per heavy atom. The van der Waals surface area contributed by atoms with Crippen molar-refractivity contribution in [2.24, 2.45) is 0 Å². The van der Waals surface area contributed by atoms with Gasteiger partial charge in [-0.15, -0.1) is 0 Å². The third-order valence-electron chi connectivity index (χ3n) is 6.14. The molecule has 0 spiro atoms. The lowest BCUT2D eigenvalue weighted by atomic mass is 10.1. The molecule has 1 fully saturated rings. The minimum atomic E-state index is -0.200. The minimum absolute atomic E-state index is 0.0150. The Morgan fingerprint density at radius 1 is 1.06 bits per heavy atom. The number of anilines is 2. The predicted octanol–water partition coefficient (Wildman–Crippen LogP) is 3.86. The Labute approximate surface area is 201 Å². The number of rotatable bonds is 2. The van der Waals surface area contributed by atoms with Crippen molar-refractivity contribution in [1.29, 1.82) is 0 Å². The van der Waals surface area contributed by atoms with Crippen LogP contribution in [-0.4, -0.2) is 71.6 Å². The maximum Gasteiger partial charge on any atom is 0.258 e. The van der Waals surface area contributed by atoms with E-state index < -0.39 is 0 Å². The molecule has 34 heavy (non-hydrogen) atoms. The number of morpholine rings is 1. The van der Waals surface area contributed by atoms with Crippen LogP contribution in [0.5, 0.6) is 5.75 Å². The number of hydrogen-bond donors (Lipinski definition) is 1. The van der Waals surface area contributed by atoms with Gasteiger partial charge in [-0.2, -0.15) is 0 Å². The molecule has 2 aliphatic heterocycles. The number of pyridine rings is 1. The molecule has 0 bridgehead atoms. The van der Waals surface area contributed by atoms with Crippen LogP contribution >= 0.6 is 0 Å². The summed E-state index contributed by atoms with van der Waals surface area (Å²) in [6, 6.07) is 11.2. The molecule has 0 aliphatic carbocycles. The summed E-state index contributed by atoms with van der Waals surface area (Å²) in [5.41, 5.74) is 1.19. The number of para-hydroxylation sites is 2. The Hall–Kier alpha value is -3.13. The van der Waals surface area contributed by atoms with Crippen molar-refractivity contribution >= 4 is 23.3 Å². The molecule has 2 amide bonds. The summed E-state index contributed by atoms with van der Waals surface area (Å²) in [5, 5.41) is 3.28. The standard InChI is InChI=1S/C26H34N4O4/c1-19-16-30(17-20(2)34-19)24(31)18-29-14-7-3-4-8-15-33-23-12-6-5-11-22(23)28-25-21(26(29)32)10-9-13-27-25/h5-6,9-13,19-20H,3-4,7-8,14-18H2,1-2H3,(H,27,28). The van der Waals surface area contributed by atoms with Crippen molar-refractivity contribution in [2.45, 2.75) is 51.7 Å². The maximum absolute atomic E-state index is 13.7. The van der Waals surface area contributed by atoms with Crippen molar-refractivity contribution in [3.05, 3.63) is 48.2 Å². The van der Waals surface area contributed by atoms with Crippen LogP contribution in [0.15, 0.2) is 42.6 Å². The van der Waals surface area contributed by atoms with Crippen LogP contribution in [0.4, 0.5) is 11.5 Å². The Bertz CT molecular complexity index is 988. The summed E-state index contributed by atoms with van der Waals surface area (Å²) >= 11 is 0. The molecule has 182 valence electrons. The molecule has 1 aromatic heterocycles. The van der Waals surface area contributed by atoms with Gasteiger partial charge in [-0.3, -0.25) is 9.59 Å². The SMILES string of the molecule is CC1CN(C(=O)CN2CCCCCCOc3ccccc3Nc3ncccc3C2=O)CC(C)O1. The summed E-state index contributed by atoms with van der Waals surface area (Å²) in [5.74, 6) is 0.931. The number of nitrogens with zero attached hydrogens (tertiary/aromatic N) is 3. The first-order chi connectivity index (χ1) is 16.5. The molecule has 0 saturated carbocycles. The second-order valence-corrected chi connectivity index (χ2v) is 9.07. The smallest absolute Gasteiger partial charge is 0.258 e. The van der Waals surface area contributed by atoms with E-state index in [2.05, 4.69) is 10.3 Å². The monoisotopic (exact) mass is 466 g/mol. The van der Waals surface area contributed by atoms with Gasteiger partial charge in [0.25, 0.3) is 5.91 Å². The summed E-state index contributed by atoms with van der Waals surface area (Å²) in [7, 11) is 0. The molecule has 2 atom stereocenters. The quantitative estimate of drug-likeness (QED) is 0.724. The van der Waals surface area contributed by atoms with Gasteiger partial charge >= 0.3 is 0 Å².